The zero-order valence-corrected chi connectivity index (χ0v) is 23.2. The molecule has 0 radical (unpaired) electrons. The maximum atomic E-state index is 6.51. The van der Waals surface area contributed by atoms with E-state index >= 15 is 0 Å². The van der Waals surface area contributed by atoms with Crippen molar-refractivity contribution in [2.75, 3.05) is 13.7 Å². The van der Waals surface area contributed by atoms with Crippen LogP contribution in [0.25, 0.3) is 17.4 Å². The standard InChI is InChI=1S/C35H35NO3/c1-5-11-28-21-29(30-14-9-10-19-36-35(30)38-23-25-12-7-6-8-13-25)22-31(34(28)37-4)33-18-16-27-20-26(24(2)3)15-17-32(27)39-33/h5-15,17-18,21-22H,16,19-20,23H2,1-4H3. The van der Waals surface area contributed by atoms with Crippen molar-refractivity contribution in [2.45, 2.75) is 40.2 Å². The summed E-state index contributed by atoms with van der Waals surface area (Å²) in [7, 11) is 1.71. The van der Waals surface area contributed by atoms with Crippen molar-refractivity contribution in [1.82, 2.24) is 0 Å². The first kappa shape index (κ1) is 26.3. The van der Waals surface area contributed by atoms with Gasteiger partial charge < -0.3 is 14.2 Å². The number of hydrogen-bond donors (Lipinski definition) is 0. The van der Waals surface area contributed by atoms with E-state index < -0.39 is 0 Å². The Bertz CT molecular complexity index is 1490. The number of allylic oxidation sites excluding steroid dienone is 9. The summed E-state index contributed by atoms with van der Waals surface area (Å²) in [6, 6.07) is 14.4. The van der Waals surface area contributed by atoms with Crippen molar-refractivity contribution < 1.29 is 14.2 Å². The van der Waals surface area contributed by atoms with E-state index in [1.165, 1.54) is 16.7 Å². The van der Waals surface area contributed by atoms with Gasteiger partial charge in [-0.3, -0.25) is 0 Å². The summed E-state index contributed by atoms with van der Waals surface area (Å²) in [6.45, 7) is 7.35. The molecule has 3 aliphatic rings. The van der Waals surface area contributed by atoms with Gasteiger partial charge in [-0.15, -0.1) is 0 Å². The van der Waals surface area contributed by atoms with Gasteiger partial charge in [-0.05, 0) is 86.2 Å². The van der Waals surface area contributed by atoms with Crippen LogP contribution in [0, 0.1) is 0 Å². The fourth-order valence-corrected chi connectivity index (χ4v) is 4.94. The molecule has 5 rings (SSSR count). The number of nitrogens with zero attached hydrogens (tertiary/aromatic N) is 1. The van der Waals surface area contributed by atoms with Crippen LogP contribution in [0.5, 0.6) is 5.75 Å². The predicted octanol–water partition coefficient (Wildman–Crippen LogP) is 8.61. The molecule has 0 saturated heterocycles. The summed E-state index contributed by atoms with van der Waals surface area (Å²) in [5.41, 5.74) is 8.91. The van der Waals surface area contributed by atoms with Gasteiger partial charge in [0.1, 0.15) is 23.9 Å². The average molecular weight is 518 g/mol. The SMILES string of the molecule is CC=Cc1cc(C2=CC=CCN=C2OCc2ccccc2)cc(C2=CCC3=C(C=CC(=C(C)C)C3)O2)c1OC. The smallest absolute Gasteiger partial charge is 0.217 e. The van der Waals surface area contributed by atoms with Crippen molar-refractivity contribution in [3.63, 3.8) is 0 Å². The summed E-state index contributed by atoms with van der Waals surface area (Å²) in [5, 5.41) is 0. The lowest BCUT2D eigenvalue weighted by Gasteiger charge is -2.25. The quantitative estimate of drug-likeness (QED) is 0.385. The average Bonchev–Trinajstić information content (AvgIpc) is 3.21. The molecule has 0 saturated carbocycles. The van der Waals surface area contributed by atoms with Crippen LogP contribution in [-0.2, 0) is 16.1 Å². The van der Waals surface area contributed by atoms with E-state index in [2.05, 4.69) is 68.5 Å². The molecule has 4 heteroatoms. The number of ether oxygens (including phenoxy) is 3. The fourth-order valence-electron chi connectivity index (χ4n) is 4.94. The highest BCUT2D eigenvalue weighted by atomic mass is 16.5. The second-order valence-corrected chi connectivity index (χ2v) is 9.95. The van der Waals surface area contributed by atoms with Gasteiger partial charge in [-0.25, -0.2) is 4.99 Å². The largest absolute Gasteiger partial charge is 0.495 e. The molecule has 0 aromatic heterocycles. The maximum absolute atomic E-state index is 6.51. The summed E-state index contributed by atoms with van der Waals surface area (Å²) >= 11 is 0. The Morgan fingerprint density at radius 3 is 2.72 bits per heavy atom. The van der Waals surface area contributed by atoms with E-state index in [9.17, 15) is 0 Å². The second kappa shape index (κ2) is 12.0. The number of rotatable bonds is 6. The third-order valence-electron chi connectivity index (χ3n) is 7.02. The van der Waals surface area contributed by atoms with Gasteiger partial charge >= 0.3 is 0 Å². The molecule has 0 bridgehead atoms. The van der Waals surface area contributed by atoms with Crippen molar-refractivity contribution in [3.05, 3.63) is 130 Å². The van der Waals surface area contributed by atoms with E-state index in [-0.39, 0.29) is 0 Å². The highest BCUT2D eigenvalue weighted by molar-refractivity contribution is 6.20. The molecule has 2 aromatic carbocycles. The molecule has 0 N–H and O–H groups in total. The van der Waals surface area contributed by atoms with Crippen molar-refractivity contribution in [3.8, 4) is 5.75 Å². The Hall–Kier alpha value is -4.31. The van der Waals surface area contributed by atoms with Crippen LogP contribution < -0.4 is 4.74 Å². The van der Waals surface area contributed by atoms with Crippen LogP contribution >= 0.6 is 0 Å². The highest BCUT2D eigenvalue weighted by Crippen LogP contribution is 2.41. The van der Waals surface area contributed by atoms with Crippen molar-refractivity contribution in [1.29, 1.82) is 0 Å². The summed E-state index contributed by atoms with van der Waals surface area (Å²) in [4.78, 5) is 4.75. The minimum absolute atomic E-state index is 0.451. The molecule has 0 spiro atoms. The van der Waals surface area contributed by atoms with E-state index in [1.807, 2.05) is 43.4 Å². The minimum atomic E-state index is 0.451. The topological polar surface area (TPSA) is 40.0 Å². The summed E-state index contributed by atoms with van der Waals surface area (Å²) < 4.78 is 18.8. The maximum Gasteiger partial charge on any atom is 0.217 e. The molecular formula is C35H35NO3. The molecule has 2 aromatic rings. The zero-order valence-electron chi connectivity index (χ0n) is 23.2. The van der Waals surface area contributed by atoms with Crippen LogP contribution in [0.3, 0.4) is 0 Å². The number of methoxy groups -OCH3 is 1. The molecule has 2 aliphatic heterocycles. The minimum Gasteiger partial charge on any atom is -0.495 e. The monoisotopic (exact) mass is 517 g/mol. The lowest BCUT2D eigenvalue weighted by atomic mass is 9.91. The van der Waals surface area contributed by atoms with Gasteiger partial charge in [0.2, 0.25) is 5.90 Å². The molecule has 198 valence electrons. The molecule has 4 nitrogen and oxygen atoms in total. The van der Waals surface area contributed by atoms with Crippen molar-refractivity contribution >= 4 is 23.3 Å². The number of benzene rings is 2. The second-order valence-electron chi connectivity index (χ2n) is 9.95. The summed E-state index contributed by atoms with van der Waals surface area (Å²) in [6.07, 6.45) is 18.4. The Kier molecular flexibility index (Phi) is 8.12. The van der Waals surface area contributed by atoms with Crippen molar-refractivity contribution in [2.24, 2.45) is 4.99 Å². The van der Waals surface area contributed by atoms with Gasteiger partial charge in [0, 0.05) is 11.1 Å². The molecule has 1 aliphatic carbocycles. The molecule has 2 heterocycles. The number of aliphatic imine (C=N–C) groups is 1. The van der Waals surface area contributed by atoms with E-state index in [1.54, 1.807) is 7.11 Å². The van der Waals surface area contributed by atoms with E-state index in [0.717, 1.165) is 57.9 Å². The molecule has 0 fully saturated rings. The Balaban J connectivity index is 1.52. The molecular weight excluding hydrogens is 482 g/mol. The lowest BCUT2D eigenvalue weighted by molar-refractivity contribution is 0.296. The van der Waals surface area contributed by atoms with Gasteiger partial charge in [0.25, 0.3) is 0 Å². The van der Waals surface area contributed by atoms with Crippen LogP contribution in [0.1, 0.15) is 55.9 Å². The predicted molar refractivity (Wildman–Crippen MR) is 161 cm³/mol. The fraction of sp³-hybridized carbons (Fsp3) is 0.229. The third-order valence-corrected chi connectivity index (χ3v) is 7.02. The molecule has 0 atom stereocenters. The van der Waals surface area contributed by atoms with Gasteiger partial charge in [-0.2, -0.15) is 0 Å². The van der Waals surface area contributed by atoms with Crippen LogP contribution in [0.4, 0.5) is 0 Å². The van der Waals surface area contributed by atoms with Gasteiger partial charge in [-0.1, -0.05) is 66.3 Å². The Labute approximate surface area is 231 Å². The third kappa shape index (κ3) is 5.91. The first-order valence-electron chi connectivity index (χ1n) is 13.5. The van der Waals surface area contributed by atoms with Gasteiger partial charge in [0.15, 0.2) is 0 Å². The molecule has 0 unspecified atom stereocenters. The number of hydrogen-bond acceptors (Lipinski definition) is 4. The molecule has 0 amide bonds. The Morgan fingerprint density at radius 2 is 1.95 bits per heavy atom. The summed E-state index contributed by atoms with van der Waals surface area (Å²) in [5.74, 6) is 3.14. The first-order chi connectivity index (χ1) is 19.1. The van der Waals surface area contributed by atoms with E-state index in [4.69, 9.17) is 19.2 Å². The van der Waals surface area contributed by atoms with Crippen LogP contribution in [0.2, 0.25) is 0 Å². The normalized spacial score (nSPS) is 16.7. The lowest BCUT2D eigenvalue weighted by Crippen LogP contribution is -2.10. The van der Waals surface area contributed by atoms with Crippen LogP contribution in [0.15, 0.2) is 112 Å². The Morgan fingerprint density at radius 1 is 1.10 bits per heavy atom. The highest BCUT2D eigenvalue weighted by Gasteiger charge is 2.24. The first-order valence-corrected chi connectivity index (χ1v) is 13.5. The van der Waals surface area contributed by atoms with E-state index in [0.29, 0.717) is 19.0 Å². The molecule has 39 heavy (non-hydrogen) atoms. The van der Waals surface area contributed by atoms with Crippen LogP contribution in [-0.4, -0.2) is 19.6 Å². The zero-order chi connectivity index (χ0) is 27.2. The van der Waals surface area contributed by atoms with Gasteiger partial charge in [0.05, 0.1) is 19.2 Å².